The fourth-order valence-electron chi connectivity index (χ4n) is 3.70. The molecule has 1 amide bonds. The number of hydrogen-bond acceptors (Lipinski definition) is 5. The highest BCUT2D eigenvalue weighted by molar-refractivity contribution is 5.86. The molecule has 0 aromatic heterocycles. The number of hydrogen-bond donors (Lipinski definition) is 1. The van der Waals surface area contributed by atoms with E-state index in [-0.39, 0.29) is 12.3 Å². The van der Waals surface area contributed by atoms with E-state index < -0.39 is 11.9 Å². The Balaban J connectivity index is 1.54. The zero-order valence-corrected chi connectivity index (χ0v) is 15.9. The van der Waals surface area contributed by atoms with E-state index in [0.29, 0.717) is 37.6 Å². The molecule has 148 valence electrons. The monoisotopic (exact) mass is 376 g/mol. The Labute approximate surface area is 159 Å². The summed E-state index contributed by atoms with van der Waals surface area (Å²) < 4.78 is 11.3. The number of carbonyl (C=O) groups is 2. The number of carboxylic acids is 1. The molecule has 0 bridgehead atoms. The van der Waals surface area contributed by atoms with E-state index in [1.807, 2.05) is 18.2 Å². The molecule has 1 N–H and O–H groups in total. The molecule has 27 heavy (non-hydrogen) atoms. The van der Waals surface area contributed by atoms with Gasteiger partial charge >= 0.3 is 5.97 Å². The van der Waals surface area contributed by atoms with Crippen molar-refractivity contribution in [1.82, 2.24) is 9.80 Å². The van der Waals surface area contributed by atoms with E-state index in [1.54, 1.807) is 12.0 Å². The van der Waals surface area contributed by atoms with Crippen LogP contribution in [0.2, 0.25) is 0 Å². The van der Waals surface area contributed by atoms with Crippen molar-refractivity contribution >= 4 is 11.9 Å². The van der Waals surface area contributed by atoms with Gasteiger partial charge in [0.15, 0.2) is 11.5 Å². The predicted molar refractivity (Wildman–Crippen MR) is 100 cm³/mol. The fraction of sp³-hybridized carbons (Fsp3) is 0.600. The first-order valence-corrected chi connectivity index (χ1v) is 9.59. The Morgan fingerprint density at radius 3 is 2.67 bits per heavy atom. The van der Waals surface area contributed by atoms with Crippen molar-refractivity contribution in [3.8, 4) is 11.5 Å². The highest BCUT2D eigenvalue weighted by Crippen LogP contribution is 2.29. The zero-order chi connectivity index (χ0) is 19.2. The molecule has 0 aliphatic carbocycles. The van der Waals surface area contributed by atoms with Gasteiger partial charge in [-0.3, -0.25) is 14.5 Å². The highest BCUT2D eigenvalue weighted by atomic mass is 16.5. The Morgan fingerprint density at radius 1 is 1.22 bits per heavy atom. The molecule has 7 heteroatoms. The number of methoxy groups -OCH3 is 1. The Morgan fingerprint density at radius 2 is 2.00 bits per heavy atom. The van der Waals surface area contributed by atoms with Crippen LogP contribution in [0.5, 0.6) is 11.5 Å². The number of nitrogens with zero attached hydrogens (tertiary/aromatic N) is 2. The Hall–Kier alpha value is -2.28. The molecular formula is C20H28N2O5. The van der Waals surface area contributed by atoms with Crippen LogP contribution in [0, 0.1) is 5.92 Å². The van der Waals surface area contributed by atoms with Crippen LogP contribution in [0.1, 0.15) is 24.8 Å². The maximum atomic E-state index is 12.0. The van der Waals surface area contributed by atoms with E-state index in [2.05, 4.69) is 4.90 Å². The molecule has 2 aliphatic rings. The summed E-state index contributed by atoms with van der Waals surface area (Å²) in [5.74, 6) is -0.159. The van der Waals surface area contributed by atoms with E-state index in [9.17, 15) is 9.59 Å². The number of benzene rings is 1. The van der Waals surface area contributed by atoms with Crippen molar-refractivity contribution in [3.63, 3.8) is 0 Å². The average molecular weight is 376 g/mol. The van der Waals surface area contributed by atoms with Gasteiger partial charge in [-0.25, -0.2) is 0 Å². The minimum Gasteiger partial charge on any atom is -0.493 e. The number of aliphatic carboxylic acids is 1. The van der Waals surface area contributed by atoms with Crippen molar-refractivity contribution in [2.24, 2.45) is 5.92 Å². The number of carboxylic acid groups (broad SMARTS) is 1. The lowest BCUT2D eigenvalue weighted by Gasteiger charge is -2.18. The van der Waals surface area contributed by atoms with Crippen molar-refractivity contribution in [3.05, 3.63) is 23.8 Å². The van der Waals surface area contributed by atoms with Crippen LogP contribution in [-0.2, 0) is 16.0 Å². The molecule has 2 fully saturated rings. The van der Waals surface area contributed by atoms with Gasteiger partial charge < -0.3 is 19.5 Å². The first-order valence-electron chi connectivity index (χ1n) is 9.59. The van der Waals surface area contributed by atoms with Gasteiger partial charge in [-0.2, -0.15) is 0 Å². The number of likely N-dealkylation sites (tertiary alicyclic amines) is 2. The molecule has 1 unspecified atom stereocenters. The molecule has 0 radical (unpaired) electrons. The van der Waals surface area contributed by atoms with Gasteiger partial charge in [-0.05, 0) is 50.0 Å². The molecule has 2 aliphatic heterocycles. The summed E-state index contributed by atoms with van der Waals surface area (Å²) >= 11 is 0. The average Bonchev–Trinajstić information content (AvgIpc) is 3.30. The number of ether oxygens (including phenoxy) is 2. The minimum atomic E-state index is -0.899. The second-order valence-corrected chi connectivity index (χ2v) is 7.21. The summed E-state index contributed by atoms with van der Waals surface area (Å²) in [7, 11) is 1.62. The van der Waals surface area contributed by atoms with E-state index in [4.69, 9.17) is 14.6 Å². The minimum absolute atomic E-state index is 0.0852. The van der Waals surface area contributed by atoms with Gasteiger partial charge in [0.05, 0.1) is 13.0 Å². The summed E-state index contributed by atoms with van der Waals surface area (Å²) in [5.41, 5.74) is 1.04. The van der Waals surface area contributed by atoms with Crippen LogP contribution in [0.4, 0.5) is 0 Å². The lowest BCUT2D eigenvalue weighted by Crippen LogP contribution is -2.28. The standard InChI is InChI=1S/C20H28N2O5/c1-26-17-5-4-15(6-9-22-14-16(20(24)25)13-19(22)23)12-18(17)27-11-10-21-7-2-3-8-21/h4-5,12,16H,2-3,6-11,13-14H2,1H3,(H,24,25). The van der Waals surface area contributed by atoms with Crippen molar-refractivity contribution in [1.29, 1.82) is 0 Å². The Kier molecular flexibility index (Phi) is 6.55. The van der Waals surface area contributed by atoms with Crippen molar-refractivity contribution in [2.45, 2.75) is 25.7 Å². The van der Waals surface area contributed by atoms with Gasteiger partial charge in [0.2, 0.25) is 5.91 Å². The third-order valence-corrected chi connectivity index (χ3v) is 5.33. The number of rotatable bonds is 9. The molecule has 2 saturated heterocycles. The zero-order valence-electron chi connectivity index (χ0n) is 15.9. The van der Waals surface area contributed by atoms with Gasteiger partial charge in [0.25, 0.3) is 0 Å². The number of carbonyl (C=O) groups excluding carboxylic acids is 1. The molecule has 1 aromatic rings. The number of amides is 1. The normalized spacial score (nSPS) is 20.3. The summed E-state index contributed by atoms with van der Waals surface area (Å²) in [5, 5.41) is 9.08. The van der Waals surface area contributed by atoms with Crippen LogP contribution in [-0.4, -0.2) is 73.2 Å². The fourth-order valence-corrected chi connectivity index (χ4v) is 3.70. The summed E-state index contributed by atoms with van der Waals surface area (Å²) in [6, 6.07) is 5.80. The maximum absolute atomic E-state index is 12.0. The van der Waals surface area contributed by atoms with Gasteiger partial charge in [-0.1, -0.05) is 6.07 Å². The largest absolute Gasteiger partial charge is 0.493 e. The highest BCUT2D eigenvalue weighted by Gasteiger charge is 2.33. The molecule has 0 saturated carbocycles. The molecule has 3 rings (SSSR count). The van der Waals surface area contributed by atoms with Crippen LogP contribution in [0.3, 0.4) is 0 Å². The smallest absolute Gasteiger partial charge is 0.308 e. The predicted octanol–water partition coefficient (Wildman–Crippen LogP) is 1.65. The molecule has 1 atom stereocenters. The van der Waals surface area contributed by atoms with E-state index in [0.717, 1.165) is 25.2 Å². The first kappa shape index (κ1) is 19.5. The lowest BCUT2D eigenvalue weighted by molar-refractivity contribution is -0.141. The van der Waals surface area contributed by atoms with Crippen molar-refractivity contribution < 1.29 is 24.2 Å². The molecule has 2 heterocycles. The molecule has 7 nitrogen and oxygen atoms in total. The second-order valence-electron chi connectivity index (χ2n) is 7.21. The third-order valence-electron chi connectivity index (χ3n) is 5.33. The quantitative estimate of drug-likeness (QED) is 0.706. The first-order chi connectivity index (χ1) is 13.1. The van der Waals surface area contributed by atoms with Gasteiger partial charge in [0.1, 0.15) is 6.61 Å². The second kappa shape index (κ2) is 9.08. The molecular weight excluding hydrogens is 348 g/mol. The molecule has 0 spiro atoms. The Bertz CT molecular complexity index is 672. The van der Waals surface area contributed by atoms with Crippen LogP contribution in [0.25, 0.3) is 0 Å². The van der Waals surface area contributed by atoms with Crippen molar-refractivity contribution in [2.75, 3.05) is 46.4 Å². The summed E-state index contributed by atoms with van der Waals surface area (Å²) in [6.07, 6.45) is 3.28. The van der Waals surface area contributed by atoms with Crippen LogP contribution < -0.4 is 9.47 Å². The third kappa shape index (κ3) is 5.13. The van der Waals surface area contributed by atoms with E-state index >= 15 is 0 Å². The van der Waals surface area contributed by atoms with Crippen LogP contribution >= 0.6 is 0 Å². The van der Waals surface area contributed by atoms with Gasteiger partial charge in [0, 0.05) is 26.1 Å². The SMILES string of the molecule is COc1ccc(CCN2CC(C(=O)O)CC2=O)cc1OCCN1CCCC1. The van der Waals surface area contributed by atoms with E-state index in [1.165, 1.54) is 12.8 Å². The van der Waals surface area contributed by atoms with Crippen LogP contribution in [0.15, 0.2) is 18.2 Å². The lowest BCUT2D eigenvalue weighted by atomic mass is 10.1. The topological polar surface area (TPSA) is 79.3 Å². The maximum Gasteiger partial charge on any atom is 0.308 e. The van der Waals surface area contributed by atoms with Gasteiger partial charge in [-0.15, -0.1) is 0 Å². The molecule has 1 aromatic carbocycles. The summed E-state index contributed by atoms with van der Waals surface area (Å²) in [6.45, 7) is 4.62. The summed E-state index contributed by atoms with van der Waals surface area (Å²) in [4.78, 5) is 27.1.